The van der Waals surface area contributed by atoms with Crippen molar-refractivity contribution in [2.24, 2.45) is 17.8 Å². The Labute approximate surface area is 118 Å². The van der Waals surface area contributed by atoms with Gasteiger partial charge >= 0.3 is 5.97 Å². The number of esters is 1. The highest BCUT2D eigenvalue weighted by atomic mass is 16.5. The Bertz CT molecular complexity index is 447. The zero-order valence-corrected chi connectivity index (χ0v) is 11.4. The number of hydrogen-bond acceptors (Lipinski definition) is 6. The van der Waals surface area contributed by atoms with E-state index in [0.29, 0.717) is 25.7 Å². The van der Waals surface area contributed by atoms with Gasteiger partial charge in [-0.3, -0.25) is 4.79 Å². The smallest absolute Gasteiger partial charge is 0.308 e. The van der Waals surface area contributed by atoms with E-state index in [4.69, 9.17) is 21.0 Å². The second-order valence-electron chi connectivity index (χ2n) is 4.36. The summed E-state index contributed by atoms with van der Waals surface area (Å²) in [5, 5.41) is 34.7. The molecule has 0 saturated heterocycles. The van der Waals surface area contributed by atoms with Crippen molar-refractivity contribution in [1.82, 2.24) is 0 Å². The molecule has 1 unspecified atom stereocenters. The van der Waals surface area contributed by atoms with E-state index < -0.39 is 23.7 Å². The normalized spacial score (nSPS) is 10.9. The standard InChI is InChI=1S/C14H16N4O2/c1-20-14(19)13(6-12(9-17)10-18)5-3-2-4-11(7-15)8-16/h11-13H,2-6H2,1H3. The van der Waals surface area contributed by atoms with E-state index in [2.05, 4.69) is 4.74 Å². The number of carbonyl (C=O) groups is 1. The second-order valence-corrected chi connectivity index (χ2v) is 4.36. The first-order chi connectivity index (χ1) is 9.62. The quantitative estimate of drug-likeness (QED) is 0.492. The Hall–Kier alpha value is -2.57. The molecule has 0 rings (SSSR count). The van der Waals surface area contributed by atoms with Gasteiger partial charge in [0.2, 0.25) is 0 Å². The number of ether oxygens (including phenoxy) is 1. The molecule has 0 amide bonds. The summed E-state index contributed by atoms with van der Waals surface area (Å²) >= 11 is 0. The molecule has 0 saturated carbocycles. The lowest BCUT2D eigenvalue weighted by Crippen LogP contribution is -2.19. The van der Waals surface area contributed by atoms with E-state index >= 15 is 0 Å². The molecule has 0 aliphatic carbocycles. The van der Waals surface area contributed by atoms with Gasteiger partial charge in [-0.2, -0.15) is 21.0 Å². The first-order valence-electron chi connectivity index (χ1n) is 6.29. The minimum absolute atomic E-state index is 0.152. The van der Waals surface area contributed by atoms with Crippen LogP contribution in [0.5, 0.6) is 0 Å². The summed E-state index contributed by atoms with van der Waals surface area (Å²) in [6.07, 6.45) is 2.38. The highest BCUT2D eigenvalue weighted by Crippen LogP contribution is 2.21. The van der Waals surface area contributed by atoms with Crippen molar-refractivity contribution in [3.63, 3.8) is 0 Å². The van der Waals surface area contributed by atoms with Crippen molar-refractivity contribution in [2.75, 3.05) is 7.11 Å². The maximum Gasteiger partial charge on any atom is 0.308 e. The summed E-state index contributed by atoms with van der Waals surface area (Å²) in [5.74, 6) is -2.38. The minimum Gasteiger partial charge on any atom is -0.469 e. The molecule has 0 aromatic heterocycles. The van der Waals surface area contributed by atoms with Crippen LogP contribution >= 0.6 is 0 Å². The molecular formula is C14H16N4O2. The van der Waals surface area contributed by atoms with Crippen LogP contribution in [0, 0.1) is 63.1 Å². The first-order valence-corrected chi connectivity index (χ1v) is 6.29. The van der Waals surface area contributed by atoms with Gasteiger partial charge in [0.25, 0.3) is 0 Å². The molecule has 0 aliphatic heterocycles. The lowest BCUT2D eigenvalue weighted by atomic mass is 9.91. The van der Waals surface area contributed by atoms with Crippen molar-refractivity contribution in [1.29, 1.82) is 21.0 Å². The van der Waals surface area contributed by atoms with Crippen molar-refractivity contribution in [3.8, 4) is 24.3 Å². The van der Waals surface area contributed by atoms with Crippen molar-refractivity contribution >= 4 is 5.97 Å². The zero-order chi connectivity index (χ0) is 15.4. The van der Waals surface area contributed by atoms with Gasteiger partial charge in [-0.15, -0.1) is 0 Å². The lowest BCUT2D eigenvalue weighted by Gasteiger charge is -2.14. The van der Waals surface area contributed by atoms with Crippen LogP contribution in [0.25, 0.3) is 0 Å². The molecule has 0 fully saturated rings. The maximum atomic E-state index is 11.6. The Morgan fingerprint density at radius 1 is 0.950 bits per heavy atom. The van der Waals surface area contributed by atoms with Crippen molar-refractivity contribution in [2.45, 2.75) is 32.1 Å². The fraction of sp³-hybridized carbons (Fsp3) is 0.643. The minimum atomic E-state index is -0.829. The van der Waals surface area contributed by atoms with Crippen LogP contribution < -0.4 is 0 Å². The number of rotatable bonds is 8. The molecule has 0 spiro atoms. The largest absolute Gasteiger partial charge is 0.469 e. The predicted molar refractivity (Wildman–Crippen MR) is 68.0 cm³/mol. The highest BCUT2D eigenvalue weighted by Gasteiger charge is 2.23. The van der Waals surface area contributed by atoms with E-state index in [1.165, 1.54) is 7.11 Å². The third kappa shape index (κ3) is 6.39. The van der Waals surface area contributed by atoms with Gasteiger partial charge in [0.15, 0.2) is 0 Å². The number of nitriles is 4. The van der Waals surface area contributed by atoms with E-state index in [0.717, 1.165) is 0 Å². The third-order valence-corrected chi connectivity index (χ3v) is 2.97. The Morgan fingerprint density at radius 3 is 1.90 bits per heavy atom. The highest BCUT2D eigenvalue weighted by molar-refractivity contribution is 5.72. The molecule has 0 aliphatic rings. The van der Waals surface area contributed by atoms with Crippen LogP contribution in [-0.4, -0.2) is 13.1 Å². The van der Waals surface area contributed by atoms with E-state index in [-0.39, 0.29) is 6.42 Å². The van der Waals surface area contributed by atoms with Gasteiger partial charge in [0, 0.05) is 0 Å². The van der Waals surface area contributed by atoms with Gasteiger partial charge < -0.3 is 4.74 Å². The first kappa shape index (κ1) is 17.4. The van der Waals surface area contributed by atoms with Crippen LogP contribution in [0.2, 0.25) is 0 Å². The van der Waals surface area contributed by atoms with Crippen LogP contribution in [-0.2, 0) is 9.53 Å². The Balaban J connectivity index is 4.31. The van der Waals surface area contributed by atoms with E-state index in [1.54, 1.807) is 0 Å². The average Bonchev–Trinajstić information content (AvgIpc) is 2.49. The predicted octanol–water partition coefficient (Wildman–Crippen LogP) is 2.05. The van der Waals surface area contributed by atoms with Crippen molar-refractivity contribution < 1.29 is 9.53 Å². The van der Waals surface area contributed by atoms with E-state index in [1.807, 2.05) is 24.3 Å². The zero-order valence-electron chi connectivity index (χ0n) is 11.4. The number of unbranched alkanes of at least 4 members (excludes halogenated alkanes) is 1. The molecule has 6 heteroatoms. The monoisotopic (exact) mass is 272 g/mol. The van der Waals surface area contributed by atoms with Crippen LogP contribution in [0.4, 0.5) is 0 Å². The lowest BCUT2D eigenvalue weighted by molar-refractivity contribution is -0.146. The summed E-state index contributed by atoms with van der Waals surface area (Å²) in [6.45, 7) is 0. The molecule has 0 radical (unpaired) electrons. The van der Waals surface area contributed by atoms with Gasteiger partial charge in [-0.25, -0.2) is 0 Å². The van der Waals surface area contributed by atoms with Gasteiger partial charge in [-0.1, -0.05) is 12.8 Å². The van der Waals surface area contributed by atoms with Gasteiger partial charge in [0.1, 0.15) is 11.8 Å². The Morgan fingerprint density at radius 2 is 1.45 bits per heavy atom. The number of nitrogens with zero attached hydrogens (tertiary/aromatic N) is 4. The third-order valence-electron chi connectivity index (χ3n) is 2.97. The molecule has 0 aromatic carbocycles. The average molecular weight is 272 g/mol. The fourth-order valence-corrected chi connectivity index (χ4v) is 1.81. The molecule has 0 N–H and O–H groups in total. The van der Waals surface area contributed by atoms with Gasteiger partial charge in [0.05, 0.1) is 37.3 Å². The topological polar surface area (TPSA) is 121 Å². The summed E-state index contributed by atoms with van der Waals surface area (Å²) in [4.78, 5) is 11.6. The van der Waals surface area contributed by atoms with Crippen LogP contribution in [0.15, 0.2) is 0 Å². The molecule has 0 bridgehead atoms. The fourth-order valence-electron chi connectivity index (χ4n) is 1.81. The maximum absolute atomic E-state index is 11.6. The summed E-state index contributed by atoms with van der Waals surface area (Å²) in [7, 11) is 1.27. The molecule has 0 aromatic rings. The van der Waals surface area contributed by atoms with Crippen LogP contribution in [0.3, 0.4) is 0 Å². The molecule has 20 heavy (non-hydrogen) atoms. The molecule has 104 valence electrons. The van der Waals surface area contributed by atoms with Gasteiger partial charge in [-0.05, 0) is 19.3 Å². The summed E-state index contributed by atoms with van der Waals surface area (Å²) in [5.41, 5.74) is 0. The van der Waals surface area contributed by atoms with Crippen molar-refractivity contribution in [3.05, 3.63) is 0 Å². The Kier molecular flexibility index (Phi) is 9.03. The molecule has 1 atom stereocenters. The number of hydrogen-bond donors (Lipinski definition) is 0. The molecular weight excluding hydrogens is 256 g/mol. The summed E-state index contributed by atoms with van der Waals surface area (Å²) in [6, 6.07) is 7.44. The second kappa shape index (κ2) is 10.4. The molecule has 0 heterocycles. The summed E-state index contributed by atoms with van der Waals surface area (Å²) < 4.78 is 4.66. The SMILES string of the molecule is COC(=O)C(CCCCC(C#N)C#N)CC(C#N)C#N. The van der Waals surface area contributed by atoms with Crippen LogP contribution in [0.1, 0.15) is 32.1 Å². The molecule has 6 nitrogen and oxygen atoms in total. The van der Waals surface area contributed by atoms with E-state index in [9.17, 15) is 4.79 Å². The number of methoxy groups -OCH3 is 1. The number of carbonyl (C=O) groups excluding carboxylic acids is 1.